The minimum absolute atomic E-state index is 0.815. The molecule has 2 rings (SSSR count). The van der Waals surface area contributed by atoms with Crippen LogP contribution in [-0.2, 0) is 0 Å². The molecule has 2 aromatic rings. The summed E-state index contributed by atoms with van der Waals surface area (Å²) >= 11 is 6.75. The van der Waals surface area contributed by atoms with Gasteiger partial charge in [0.05, 0.1) is 4.47 Å². The largest absolute Gasteiger partial charge is 0.265 e. The van der Waals surface area contributed by atoms with Gasteiger partial charge in [0, 0.05) is 24.2 Å². The maximum Gasteiger partial charge on any atom is 0.120 e. The number of hydrogen-bond donors (Lipinski definition) is 0. The number of hydrogen-bond acceptors (Lipinski definition) is 2. The van der Waals surface area contributed by atoms with Crippen molar-refractivity contribution in [1.82, 2.24) is 9.97 Å². The van der Waals surface area contributed by atoms with Gasteiger partial charge in [-0.3, -0.25) is 4.98 Å². The van der Waals surface area contributed by atoms with Crippen LogP contribution in [0.1, 0.15) is 0 Å². The van der Waals surface area contributed by atoms with Crippen molar-refractivity contribution in [2.75, 3.05) is 0 Å². The normalized spacial score (nSPS) is 10.1. The molecule has 0 spiro atoms. The van der Waals surface area contributed by atoms with Gasteiger partial charge >= 0.3 is 0 Å². The van der Waals surface area contributed by atoms with Crippen LogP contribution in [0, 0.1) is 0 Å². The van der Waals surface area contributed by atoms with Gasteiger partial charge in [0.1, 0.15) is 4.60 Å². The molecule has 0 bridgehead atoms. The van der Waals surface area contributed by atoms with Crippen LogP contribution < -0.4 is 0 Å². The van der Waals surface area contributed by atoms with Crippen LogP contribution >= 0.6 is 31.9 Å². The quantitative estimate of drug-likeness (QED) is 0.751. The Balaban J connectivity index is 2.48. The maximum absolute atomic E-state index is 4.20. The van der Waals surface area contributed by atoms with E-state index in [1.54, 1.807) is 12.4 Å². The average molecular weight is 314 g/mol. The molecule has 0 amide bonds. The number of aromatic nitrogens is 2. The second kappa shape index (κ2) is 4.19. The molecule has 0 unspecified atom stereocenters. The molecule has 0 saturated heterocycles. The van der Waals surface area contributed by atoms with Gasteiger partial charge in [-0.25, -0.2) is 4.98 Å². The van der Waals surface area contributed by atoms with Gasteiger partial charge in [0.2, 0.25) is 0 Å². The molecule has 0 aliphatic carbocycles. The molecule has 0 radical (unpaired) electrons. The summed E-state index contributed by atoms with van der Waals surface area (Å²) in [6, 6.07) is 5.93. The van der Waals surface area contributed by atoms with Crippen molar-refractivity contribution in [1.29, 1.82) is 0 Å². The molecule has 0 N–H and O–H groups in total. The Kier molecular flexibility index (Phi) is 2.93. The molecular weight excluding hydrogens is 308 g/mol. The zero-order valence-corrected chi connectivity index (χ0v) is 10.3. The Labute approximate surface area is 98.7 Å². The van der Waals surface area contributed by atoms with Crippen molar-refractivity contribution in [3.8, 4) is 11.1 Å². The summed E-state index contributed by atoms with van der Waals surface area (Å²) < 4.78 is 1.77. The number of rotatable bonds is 1. The fourth-order valence-corrected chi connectivity index (χ4v) is 1.69. The number of halogens is 2. The zero-order chi connectivity index (χ0) is 9.97. The molecule has 2 heterocycles. The lowest BCUT2D eigenvalue weighted by atomic mass is 10.1. The monoisotopic (exact) mass is 312 g/mol. The van der Waals surface area contributed by atoms with Crippen LogP contribution in [0.5, 0.6) is 0 Å². The van der Waals surface area contributed by atoms with Gasteiger partial charge < -0.3 is 0 Å². The molecule has 0 atom stereocenters. The summed E-state index contributed by atoms with van der Waals surface area (Å²) in [6.45, 7) is 0. The summed E-state index contributed by atoms with van der Waals surface area (Å²) in [5.41, 5.74) is 2.18. The Morgan fingerprint density at radius 2 is 1.71 bits per heavy atom. The van der Waals surface area contributed by atoms with E-state index in [0.29, 0.717) is 0 Å². The summed E-state index contributed by atoms with van der Waals surface area (Å²) in [7, 11) is 0. The van der Waals surface area contributed by atoms with Crippen LogP contribution in [-0.4, -0.2) is 9.97 Å². The standard InChI is InChI=1S/C10H6Br2N2/c11-9-5-8(6-14-10(9)12)7-1-3-13-4-2-7/h1-6H. The third kappa shape index (κ3) is 2.01. The van der Waals surface area contributed by atoms with Gasteiger partial charge in [-0.15, -0.1) is 0 Å². The van der Waals surface area contributed by atoms with E-state index < -0.39 is 0 Å². The highest BCUT2D eigenvalue weighted by molar-refractivity contribution is 9.13. The van der Waals surface area contributed by atoms with E-state index in [1.165, 1.54) is 0 Å². The summed E-state index contributed by atoms with van der Waals surface area (Å²) in [6.07, 6.45) is 5.36. The lowest BCUT2D eigenvalue weighted by molar-refractivity contribution is 1.25. The Bertz CT molecular complexity index is 443. The smallest absolute Gasteiger partial charge is 0.120 e. The van der Waals surface area contributed by atoms with Crippen LogP contribution in [0.4, 0.5) is 0 Å². The fraction of sp³-hybridized carbons (Fsp3) is 0. The maximum atomic E-state index is 4.20. The van der Waals surface area contributed by atoms with E-state index in [-0.39, 0.29) is 0 Å². The highest BCUT2D eigenvalue weighted by atomic mass is 79.9. The minimum Gasteiger partial charge on any atom is -0.265 e. The van der Waals surface area contributed by atoms with Crippen molar-refractivity contribution in [2.24, 2.45) is 0 Å². The van der Waals surface area contributed by atoms with Crippen molar-refractivity contribution in [2.45, 2.75) is 0 Å². The van der Waals surface area contributed by atoms with E-state index in [4.69, 9.17) is 0 Å². The lowest BCUT2D eigenvalue weighted by Gasteiger charge is -2.01. The SMILES string of the molecule is Brc1cc(-c2ccncc2)cnc1Br. The highest BCUT2D eigenvalue weighted by Gasteiger charge is 2.01. The summed E-state index contributed by atoms with van der Waals surface area (Å²) in [5.74, 6) is 0. The molecular formula is C10H6Br2N2. The van der Waals surface area contributed by atoms with E-state index in [1.807, 2.05) is 24.4 Å². The predicted octanol–water partition coefficient (Wildman–Crippen LogP) is 3.67. The molecule has 0 saturated carbocycles. The Morgan fingerprint density at radius 3 is 2.36 bits per heavy atom. The first-order chi connectivity index (χ1) is 6.77. The number of nitrogens with zero attached hydrogens (tertiary/aromatic N) is 2. The average Bonchev–Trinajstić information content (AvgIpc) is 2.23. The minimum atomic E-state index is 0.815. The third-order valence-electron chi connectivity index (χ3n) is 1.81. The van der Waals surface area contributed by atoms with Gasteiger partial charge in [0.25, 0.3) is 0 Å². The van der Waals surface area contributed by atoms with E-state index in [9.17, 15) is 0 Å². The number of pyridine rings is 2. The Hall–Kier alpha value is -0.740. The molecule has 0 aliphatic heterocycles. The molecule has 70 valence electrons. The second-order valence-electron chi connectivity index (χ2n) is 2.73. The van der Waals surface area contributed by atoms with Gasteiger partial charge in [-0.2, -0.15) is 0 Å². The first-order valence-corrected chi connectivity index (χ1v) is 5.57. The first kappa shape index (κ1) is 9.80. The zero-order valence-electron chi connectivity index (χ0n) is 7.11. The fourth-order valence-electron chi connectivity index (χ4n) is 1.12. The third-order valence-corrected chi connectivity index (χ3v) is 3.58. The van der Waals surface area contributed by atoms with Crippen LogP contribution in [0.3, 0.4) is 0 Å². The molecule has 2 nitrogen and oxygen atoms in total. The second-order valence-corrected chi connectivity index (χ2v) is 4.34. The summed E-state index contributed by atoms with van der Waals surface area (Å²) in [4.78, 5) is 8.17. The van der Waals surface area contributed by atoms with Crippen molar-refractivity contribution >= 4 is 31.9 Å². The first-order valence-electron chi connectivity index (χ1n) is 3.99. The van der Waals surface area contributed by atoms with Gasteiger partial charge in [-0.05, 0) is 55.6 Å². The molecule has 2 aromatic heterocycles. The molecule has 0 aromatic carbocycles. The van der Waals surface area contributed by atoms with Crippen molar-refractivity contribution in [3.05, 3.63) is 45.9 Å². The van der Waals surface area contributed by atoms with Crippen molar-refractivity contribution in [3.63, 3.8) is 0 Å². The Morgan fingerprint density at radius 1 is 1.00 bits per heavy atom. The lowest BCUT2D eigenvalue weighted by Crippen LogP contribution is -1.82. The topological polar surface area (TPSA) is 25.8 Å². The van der Waals surface area contributed by atoms with Crippen LogP contribution in [0.2, 0.25) is 0 Å². The molecule has 0 fully saturated rings. The van der Waals surface area contributed by atoms with Crippen molar-refractivity contribution < 1.29 is 0 Å². The van der Waals surface area contributed by atoms with Gasteiger partial charge in [-0.1, -0.05) is 0 Å². The summed E-state index contributed by atoms with van der Waals surface area (Å²) in [5, 5.41) is 0. The van der Waals surface area contributed by atoms with E-state index in [2.05, 4.69) is 41.8 Å². The predicted molar refractivity (Wildman–Crippen MR) is 62.9 cm³/mol. The van der Waals surface area contributed by atoms with E-state index in [0.717, 1.165) is 20.2 Å². The highest BCUT2D eigenvalue weighted by Crippen LogP contribution is 2.26. The van der Waals surface area contributed by atoms with Gasteiger partial charge in [0.15, 0.2) is 0 Å². The van der Waals surface area contributed by atoms with E-state index >= 15 is 0 Å². The van der Waals surface area contributed by atoms with Crippen LogP contribution in [0.25, 0.3) is 11.1 Å². The molecule has 0 aliphatic rings. The van der Waals surface area contributed by atoms with Crippen LogP contribution in [0.15, 0.2) is 45.9 Å². The molecule has 4 heteroatoms. The molecule has 14 heavy (non-hydrogen) atoms.